The van der Waals surface area contributed by atoms with Gasteiger partial charge in [0.15, 0.2) is 24.8 Å². The molecule has 0 saturated carbocycles. The van der Waals surface area contributed by atoms with E-state index in [9.17, 15) is 14.2 Å². The van der Waals surface area contributed by atoms with Crippen molar-refractivity contribution in [2.45, 2.75) is 0 Å². The summed E-state index contributed by atoms with van der Waals surface area (Å²) in [5.41, 5.74) is 3.93. The monoisotopic (exact) mass is 549 g/mol. The molecular weight excluding hydrogens is 527 g/mol. The first kappa shape index (κ1) is 25.6. The number of carbonyl (C=O) groups excluding carboxylic acids is 2. The highest BCUT2D eigenvalue weighted by atomic mass is 31.1. The summed E-state index contributed by atoms with van der Waals surface area (Å²) in [6.07, 6.45) is 0. The molecule has 0 bridgehead atoms. The Bertz CT molecular complexity index is 1720. The quantitative estimate of drug-likeness (QED) is 0.125. The second-order valence-electron chi connectivity index (χ2n) is 9.08. The van der Waals surface area contributed by atoms with E-state index >= 15 is 0 Å². The molecule has 6 rings (SSSR count). The molecule has 0 N–H and O–H groups in total. The van der Waals surface area contributed by atoms with Gasteiger partial charge in [-0.15, -0.1) is 9.05 Å². The number of benzene rings is 4. The number of furan rings is 2. The van der Waals surface area contributed by atoms with Crippen molar-refractivity contribution in [3.8, 4) is 22.6 Å². The Morgan fingerprint density at radius 3 is 1.43 bits per heavy atom. The van der Waals surface area contributed by atoms with Crippen LogP contribution >= 0.6 is 8.25 Å². The summed E-state index contributed by atoms with van der Waals surface area (Å²) >= 11 is 0. The standard InChI is InChI=1S/C32H22O7P/c33-27(23-11-13-29-25(15-23)17-31(38-29)21-7-3-1-4-8-21)19-36-40(35)37-20-28(34)24-12-14-30-26(16-24)18-32(39-30)22-9-5-2-6-10-22/h1-18H,19-20H2/q+1. The fourth-order valence-corrected chi connectivity index (χ4v) is 4.87. The second-order valence-corrected chi connectivity index (χ2v) is 10.0. The van der Waals surface area contributed by atoms with Crippen molar-refractivity contribution in [1.29, 1.82) is 0 Å². The summed E-state index contributed by atoms with van der Waals surface area (Å²) in [5, 5.41) is 1.53. The molecule has 40 heavy (non-hydrogen) atoms. The molecule has 2 aromatic heterocycles. The summed E-state index contributed by atoms with van der Waals surface area (Å²) in [4.78, 5) is 25.3. The number of rotatable bonds is 10. The molecule has 8 heteroatoms. The molecule has 0 aliphatic rings. The minimum Gasteiger partial charge on any atom is -0.456 e. The van der Waals surface area contributed by atoms with Crippen molar-refractivity contribution in [1.82, 2.24) is 0 Å². The van der Waals surface area contributed by atoms with Crippen LogP contribution in [0.2, 0.25) is 0 Å². The maximum atomic E-state index is 12.6. The van der Waals surface area contributed by atoms with Crippen LogP contribution in [0.4, 0.5) is 0 Å². The van der Waals surface area contributed by atoms with Gasteiger partial charge in [-0.1, -0.05) is 60.7 Å². The van der Waals surface area contributed by atoms with Crippen LogP contribution in [0, 0.1) is 0 Å². The molecule has 196 valence electrons. The Morgan fingerprint density at radius 2 is 1.00 bits per heavy atom. The van der Waals surface area contributed by atoms with E-state index < -0.39 is 21.5 Å². The van der Waals surface area contributed by atoms with E-state index in [2.05, 4.69) is 0 Å². The fraction of sp³-hybridized carbons (Fsp3) is 0.0625. The van der Waals surface area contributed by atoms with E-state index in [-0.39, 0.29) is 11.6 Å². The number of fused-ring (bicyclic) bond motifs is 2. The predicted octanol–water partition coefficient (Wildman–Crippen LogP) is 8.27. The van der Waals surface area contributed by atoms with Crippen LogP contribution in [0.25, 0.3) is 44.6 Å². The number of hydrogen-bond donors (Lipinski definition) is 0. The van der Waals surface area contributed by atoms with Crippen LogP contribution in [0.15, 0.2) is 118 Å². The zero-order valence-corrected chi connectivity index (χ0v) is 22.0. The number of Topliss-reactive ketones (excluding diaryl/α,β-unsaturated/α-hetero) is 2. The van der Waals surface area contributed by atoms with Crippen LogP contribution < -0.4 is 0 Å². The third-order valence-corrected chi connectivity index (χ3v) is 7.08. The summed E-state index contributed by atoms with van der Waals surface area (Å²) in [5.74, 6) is 0.645. The number of carbonyl (C=O) groups is 2. The summed E-state index contributed by atoms with van der Waals surface area (Å²) in [6, 6.07) is 33.1. The Balaban J connectivity index is 1.04. The van der Waals surface area contributed by atoms with E-state index in [1.807, 2.05) is 72.8 Å². The minimum absolute atomic E-state index is 0.373. The topological polar surface area (TPSA) is 96.0 Å². The minimum atomic E-state index is -2.68. The van der Waals surface area contributed by atoms with Crippen LogP contribution in [-0.4, -0.2) is 24.8 Å². The van der Waals surface area contributed by atoms with Gasteiger partial charge < -0.3 is 8.83 Å². The van der Waals surface area contributed by atoms with E-state index in [4.69, 9.17) is 17.9 Å². The molecule has 0 amide bonds. The zero-order valence-electron chi connectivity index (χ0n) is 21.1. The fourth-order valence-electron chi connectivity index (χ4n) is 4.35. The molecule has 0 fully saturated rings. The van der Waals surface area contributed by atoms with E-state index in [0.717, 1.165) is 21.9 Å². The van der Waals surface area contributed by atoms with Crippen molar-refractivity contribution in [3.63, 3.8) is 0 Å². The van der Waals surface area contributed by atoms with E-state index in [0.29, 0.717) is 33.8 Å². The van der Waals surface area contributed by atoms with Gasteiger partial charge in [0.05, 0.1) is 0 Å². The number of ketones is 2. The predicted molar refractivity (Wildman–Crippen MR) is 151 cm³/mol. The largest absolute Gasteiger partial charge is 0.698 e. The molecule has 0 aliphatic heterocycles. The Hall–Kier alpha value is -4.68. The van der Waals surface area contributed by atoms with Crippen LogP contribution in [0.3, 0.4) is 0 Å². The smallest absolute Gasteiger partial charge is 0.456 e. The lowest BCUT2D eigenvalue weighted by Crippen LogP contribution is -2.09. The lowest BCUT2D eigenvalue weighted by molar-refractivity contribution is 0.0877. The van der Waals surface area contributed by atoms with E-state index in [1.54, 1.807) is 36.4 Å². The van der Waals surface area contributed by atoms with Gasteiger partial charge in [-0.05, 0) is 48.5 Å². The molecule has 2 heterocycles. The molecule has 0 atom stereocenters. The molecule has 0 unspecified atom stereocenters. The van der Waals surface area contributed by atoms with Crippen molar-refractivity contribution in [2.75, 3.05) is 13.2 Å². The summed E-state index contributed by atoms with van der Waals surface area (Å²) in [7, 11) is -2.68. The van der Waals surface area contributed by atoms with E-state index in [1.165, 1.54) is 0 Å². The van der Waals surface area contributed by atoms with Crippen molar-refractivity contribution in [3.05, 3.63) is 120 Å². The Labute approximate surface area is 229 Å². The first-order valence-electron chi connectivity index (χ1n) is 12.5. The normalized spacial score (nSPS) is 11.2. The average molecular weight is 549 g/mol. The van der Waals surface area contributed by atoms with Gasteiger partial charge in [0.1, 0.15) is 22.7 Å². The van der Waals surface area contributed by atoms with Gasteiger partial charge in [-0.2, -0.15) is 0 Å². The third kappa shape index (κ3) is 5.53. The highest BCUT2D eigenvalue weighted by molar-refractivity contribution is 7.33. The Morgan fingerprint density at radius 1 is 0.575 bits per heavy atom. The summed E-state index contributed by atoms with van der Waals surface area (Å²) in [6.45, 7) is -0.914. The van der Waals surface area contributed by atoms with Gasteiger partial charge >= 0.3 is 8.25 Å². The van der Waals surface area contributed by atoms with Crippen LogP contribution in [0.1, 0.15) is 20.7 Å². The molecule has 0 saturated heterocycles. The number of hydrogen-bond acceptors (Lipinski definition) is 7. The molecule has 4 aromatic carbocycles. The van der Waals surface area contributed by atoms with Gasteiger partial charge in [0.2, 0.25) is 0 Å². The summed E-state index contributed by atoms with van der Waals surface area (Å²) < 4.78 is 34.2. The third-order valence-electron chi connectivity index (χ3n) is 6.40. The Kier molecular flexibility index (Phi) is 7.17. The first-order chi connectivity index (χ1) is 19.5. The second kappa shape index (κ2) is 11.2. The highest BCUT2D eigenvalue weighted by Crippen LogP contribution is 2.31. The zero-order chi connectivity index (χ0) is 27.5. The van der Waals surface area contributed by atoms with Crippen molar-refractivity contribution < 1.29 is 32.0 Å². The first-order valence-corrected chi connectivity index (χ1v) is 13.6. The molecule has 0 aliphatic carbocycles. The van der Waals surface area contributed by atoms with Gasteiger partial charge in [0.25, 0.3) is 0 Å². The maximum Gasteiger partial charge on any atom is 0.698 e. The molecule has 6 aromatic rings. The van der Waals surface area contributed by atoms with Crippen LogP contribution in [0.5, 0.6) is 0 Å². The van der Waals surface area contributed by atoms with Crippen molar-refractivity contribution in [2.24, 2.45) is 0 Å². The van der Waals surface area contributed by atoms with Gasteiger partial charge in [-0.3, -0.25) is 9.59 Å². The van der Waals surface area contributed by atoms with Gasteiger partial charge in [0, 0.05) is 37.6 Å². The molecule has 7 nitrogen and oxygen atoms in total. The average Bonchev–Trinajstić information content (AvgIpc) is 3.63. The SMILES string of the molecule is O=C(CO[P+](=O)OCC(=O)c1ccc2oc(-c3ccccc3)cc2c1)c1ccc2oc(-c3ccccc3)cc2c1. The molecule has 0 spiro atoms. The lowest BCUT2D eigenvalue weighted by atomic mass is 10.1. The van der Waals surface area contributed by atoms with Gasteiger partial charge in [-0.25, -0.2) is 0 Å². The molecule has 0 radical (unpaired) electrons. The lowest BCUT2D eigenvalue weighted by Gasteiger charge is -1.98. The highest BCUT2D eigenvalue weighted by Gasteiger charge is 2.25. The van der Waals surface area contributed by atoms with Crippen molar-refractivity contribution >= 4 is 41.8 Å². The molecular formula is C32H22O7P+. The van der Waals surface area contributed by atoms with Crippen LogP contribution in [-0.2, 0) is 13.6 Å². The maximum absolute atomic E-state index is 12.6.